The van der Waals surface area contributed by atoms with Crippen LogP contribution >= 0.6 is 0 Å². The van der Waals surface area contributed by atoms with E-state index in [9.17, 15) is 9.59 Å². The predicted octanol–water partition coefficient (Wildman–Crippen LogP) is 2.47. The maximum atomic E-state index is 12.4. The van der Waals surface area contributed by atoms with Gasteiger partial charge in [-0.25, -0.2) is 4.79 Å². The van der Waals surface area contributed by atoms with Gasteiger partial charge in [-0.3, -0.25) is 9.69 Å². The molecule has 2 rings (SSSR count). The van der Waals surface area contributed by atoms with Crippen LogP contribution in [0.3, 0.4) is 0 Å². The summed E-state index contributed by atoms with van der Waals surface area (Å²) in [7, 11) is 3.58. The summed E-state index contributed by atoms with van der Waals surface area (Å²) < 4.78 is 0. The second-order valence-corrected chi connectivity index (χ2v) is 6.82. The molecule has 1 heterocycles. The normalized spacial score (nSPS) is 17.2. The van der Waals surface area contributed by atoms with Gasteiger partial charge in [-0.1, -0.05) is 26.0 Å². The fourth-order valence-electron chi connectivity index (χ4n) is 3.22. The first-order valence-electron chi connectivity index (χ1n) is 9.00. The van der Waals surface area contributed by atoms with Crippen LogP contribution in [0.5, 0.6) is 0 Å². The standard InChI is InChI=1S/C19H30N4O2/c1-5-23(6-2)14-15-8-7-9-17(10-15)20-19(25)22(4)13-16-11-18(24)21(3)12-16/h7-10,16H,5-6,11-14H2,1-4H3,(H,20,25)/t16-/m0/s1. The Kier molecular flexibility index (Phi) is 6.82. The molecule has 138 valence electrons. The van der Waals surface area contributed by atoms with Gasteiger partial charge >= 0.3 is 6.03 Å². The first-order valence-corrected chi connectivity index (χ1v) is 9.00. The quantitative estimate of drug-likeness (QED) is 0.825. The zero-order valence-electron chi connectivity index (χ0n) is 15.8. The molecule has 0 saturated carbocycles. The summed E-state index contributed by atoms with van der Waals surface area (Å²) in [6.07, 6.45) is 0.521. The molecule has 0 aromatic heterocycles. The van der Waals surface area contributed by atoms with Crippen molar-refractivity contribution in [1.82, 2.24) is 14.7 Å². The SMILES string of the molecule is CCN(CC)Cc1cccc(NC(=O)N(C)C[C@H]2CC(=O)N(C)C2)c1. The van der Waals surface area contributed by atoms with Crippen LogP contribution in [0.25, 0.3) is 0 Å². The number of nitrogens with one attached hydrogen (secondary N) is 1. The number of benzene rings is 1. The van der Waals surface area contributed by atoms with Crippen molar-refractivity contribution < 1.29 is 9.59 Å². The summed E-state index contributed by atoms with van der Waals surface area (Å²) in [4.78, 5) is 29.7. The topological polar surface area (TPSA) is 55.9 Å². The van der Waals surface area contributed by atoms with Crippen LogP contribution in [0.4, 0.5) is 10.5 Å². The highest BCUT2D eigenvalue weighted by molar-refractivity contribution is 5.89. The molecule has 0 aliphatic carbocycles. The lowest BCUT2D eigenvalue weighted by Crippen LogP contribution is -2.36. The van der Waals surface area contributed by atoms with Crippen molar-refractivity contribution in [3.8, 4) is 0 Å². The van der Waals surface area contributed by atoms with E-state index in [1.165, 1.54) is 5.56 Å². The van der Waals surface area contributed by atoms with Crippen LogP contribution < -0.4 is 5.32 Å². The largest absolute Gasteiger partial charge is 0.345 e. The summed E-state index contributed by atoms with van der Waals surface area (Å²) in [5, 5.41) is 2.96. The summed E-state index contributed by atoms with van der Waals surface area (Å²) in [5.41, 5.74) is 1.99. The minimum Gasteiger partial charge on any atom is -0.345 e. The van der Waals surface area contributed by atoms with Crippen LogP contribution in [0.15, 0.2) is 24.3 Å². The number of urea groups is 1. The maximum absolute atomic E-state index is 12.4. The van der Waals surface area contributed by atoms with Gasteiger partial charge < -0.3 is 15.1 Å². The van der Waals surface area contributed by atoms with Gasteiger partial charge in [0.25, 0.3) is 0 Å². The highest BCUT2D eigenvalue weighted by Crippen LogP contribution is 2.18. The fourth-order valence-corrected chi connectivity index (χ4v) is 3.22. The van der Waals surface area contributed by atoms with Gasteiger partial charge in [0.2, 0.25) is 5.91 Å². The van der Waals surface area contributed by atoms with Crippen LogP contribution in [0.1, 0.15) is 25.8 Å². The monoisotopic (exact) mass is 346 g/mol. The number of nitrogens with zero attached hydrogens (tertiary/aromatic N) is 3. The van der Waals surface area contributed by atoms with E-state index in [2.05, 4.69) is 30.1 Å². The third kappa shape index (κ3) is 5.46. The van der Waals surface area contributed by atoms with Gasteiger partial charge in [-0.15, -0.1) is 0 Å². The van der Waals surface area contributed by atoms with E-state index >= 15 is 0 Å². The third-order valence-corrected chi connectivity index (χ3v) is 4.78. The molecule has 1 atom stereocenters. The molecule has 1 aromatic rings. The van der Waals surface area contributed by atoms with Crippen molar-refractivity contribution in [1.29, 1.82) is 0 Å². The number of hydrogen-bond acceptors (Lipinski definition) is 3. The molecular formula is C19H30N4O2. The number of rotatable bonds is 7. The smallest absolute Gasteiger partial charge is 0.321 e. The molecule has 1 aliphatic rings. The van der Waals surface area contributed by atoms with E-state index in [0.29, 0.717) is 13.0 Å². The molecular weight excluding hydrogens is 316 g/mol. The molecule has 6 nitrogen and oxygen atoms in total. The van der Waals surface area contributed by atoms with Crippen molar-refractivity contribution in [2.24, 2.45) is 5.92 Å². The molecule has 0 radical (unpaired) electrons. The molecule has 3 amide bonds. The van der Waals surface area contributed by atoms with Gasteiger partial charge in [0.15, 0.2) is 0 Å². The molecule has 1 fully saturated rings. The van der Waals surface area contributed by atoms with Crippen LogP contribution in [-0.2, 0) is 11.3 Å². The Morgan fingerprint density at radius 1 is 1.32 bits per heavy atom. The molecule has 1 aromatic carbocycles. The number of carbonyl (C=O) groups is 2. The number of amides is 3. The molecule has 0 unspecified atom stereocenters. The second kappa shape index (κ2) is 8.85. The zero-order chi connectivity index (χ0) is 18.4. The van der Waals surface area contributed by atoms with E-state index in [-0.39, 0.29) is 17.9 Å². The number of carbonyl (C=O) groups excluding carboxylic acids is 2. The Hall–Kier alpha value is -2.08. The van der Waals surface area contributed by atoms with Crippen LogP contribution in [0.2, 0.25) is 0 Å². The lowest BCUT2D eigenvalue weighted by molar-refractivity contribution is -0.126. The number of hydrogen-bond donors (Lipinski definition) is 1. The first-order chi connectivity index (χ1) is 11.9. The van der Waals surface area contributed by atoms with Gasteiger partial charge in [0.1, 0.15) is 0 Å². The summed E-state index contributed by atoms with van der Waals surface area (Å²) >= 11 is 0. The Morgan fingerprint density at radius 3 is 2.64 bits per heavy atom. The summed E-state index contributed by atoms with van der Waals surface area (Å²) in [5.74, 6) is 0.366. The number of likely N-dealkylation sites (tertiary alicyclic amines) is 1. The lowest BCUT2D eigenvalue weighted by atomic mass is 10.1. The van der Waals surface area contributed by atoms with Crippen LogP contribution in [0, 0.1) is 5.92 Å². The predicted molar refractivity (Wildman–Crippen MR) is 100 cm³/mol. The Bertz CT molecular complexity index is 601. The second-order valence-electron chi connectivity index (χ2n) is 6.82. The van der Waals surface area contributed by atoms with E-state index in [0.717, 1.165) is 31.9 Å². The van der Waals surface area contributed by atoms with E-state index < -0.39 is 0 Å². The Labute approximate surface area is 150 Å². The number of anilines is 1. The molecule has 0 bridgehead atoms. The summed E-state index contributed by atoms with van der Waals surface area (Å²) in [6, 6.07) is 7.85. The summed E-state index contributed by atoms with van der Waals surface area (Å²) in [6.45, 7) is 8.49. The first kappa shape index (κ1) is 19.2. The van der Waals surface area contributed by atoms with E-state index in [1.54, 1.807) is 16.8 Å². The molecule has 0 spiro atoms. The fraction of sp³-hybridized carbons (Fsp3) is 0.579. The van der Waals surface area contributed by atoms with Crippen LogP contribution in [-0.4, -0.2) is 66.9 Å². The average Bonchev–Trinajstić information content (AvgIpc) is 2.90. The van der Waals surface area contributed by atoms with Crippen molar-refractivity contribution in [3.05, 3.63) is 29.8 Å². The maximum Gasteiger partial charge on any atom is 0.321 e. The Morgan fingerprint density at radius 2 is 2.04 bits per heavy atom. The highest BCUT2D eigenvalue weighted by Gasteiger charge is 2.28. The van der Waals surface area contributed by atoms with Crippen molar-refractivity contribution in [3.63, 3.8) is 0 Å². The van der Waals surface area contributed by atoms with Gasteiger partial charge in [0, 0.05) is 51.8 Å². The van der Waals surface area contributed by atoms with Gasteiger partial charge in [0.05, 0.1) is 0 Å². The third-order valence-electron chi connectivity index (χ3n) is 4.78. The van der Waals surface area contributed by atoms with E-state index in [1.807, 2.05) is 25.2 Å². The lowest BCUT2D eigenvalue weighted by Gasteiger charge is -2.22. The average molecular weight is 346 g/mol. The zero-order valence-corrected chi connectivity index (χ0v) is 15.8. The molecule has 1 aliphatic heterocycles. The van der Waals surface area contributed by atoms with Gasteiger partial charge in [-0.05, 0) is 30.8 Å². The minimum absolute atomic E-state index is 0.137. The molecule has 1 N–H and O–H groups in total. The highest BCUT2D eigenvalue weighted by atomic mass is 16.2. The van der Waals surface area contributed by atoms with Gasteiger partial charge in [-0.2, -0.15) is 0 Å². The van der Waals surface area contributed by atoms with E-state index in [4.69, 9.17) is 0 Å². The van der Waals surface area contributed by atoms with Crippen molar-refractivity contribution >= 4 is 17.6 Å². The van der Waals surface area contributed by atoms with Crippen molar-refractivity contribution in [2.75, 3.05) is 45.6 Å². The van der Waals surface area contributed by atoms with Crippen molar-refractivity contribution in [2.45, 2.75) is 26.8 Å². The molecule has 25 heavy (non-hydrogen) atoms. The molecule has 6 heteroatoms. The minimum atomic E-state index is -0.137. The Balaban J connectivity index is 1.90. The molecule has 1 saturated heterocycles.